The lowest BCUT2D eigenvalue weighted by Crippen LogP contribution is -2.35. The van der Waals surface area contributed by atoms with Crippen LogP contribution in [0.15, 0.2) is 0 Å². The van der Waals surface area contributed by atoms with Gasteiger partial charge in [-0.05, 0) is 26.7 Å². The maximum Gasteiger partial charge on any atom is 0.225 e. The minimum Gasteiger partial charge on any atom is -0.342 e. The molecule has 17 heavy (non-hydrogen) atoms. The average Bonchev–Trinajstić information content (AvgIpc) is 2.29. The molecule has 0 aromatic heterocycles. The molecule has 0 aromatic carbocycles. The SMILES string of the molecule is CCN(CCC#N)C(=O)C(C)CCCC(C)N. The van der Waals surface area contributed by atoms with Crippen LogP contribution in [0.25, 0.3) is 0 Å². The number of carbonyl (C=O) groups excluding carboxylic acids is 1. The first kappa shape index (κ1) is 15.9. The van der Waals surface area contributed by atoms with Gasteiger partial charge < -0.3 is 10.6 Å². The highest BCUT2D eigenvalue weighted by Crippen LogP contribution is 2.12. The maximum atomic E-state index is 12.0. The molecule has 0 aliphatic carbocycles. The van der Waals surface area contributed by atoms with E-state index in [-0.39, 0.29) is 17.9 Å². The second-order valence-corrected chi connectivity index (χ2v) is 4.64. The van der Waals surface area contributed by atoms with Crippen LogP contribution in [0.5, 0.6) is 0 Å². The van der Waals surface area contributed by atoms with Crippen molar-refractivity contribution in [3.63, 3.8) is 0 Å². The van der Waals surface area contributed by atoms with Gasteiger partial charge in [-0.3, -0.25) is 4.79 Å². The highest BCUT2D eigenvalue weighted by Gasteiger charge is 2.18. The number of hydrogen-bond donors (Lipinski definition) is 1. The monoisotopic (exact) mass is 239 g/mol. The van der Waals surface area contributed by atoms with E-state index in [4.69, 9.17) is 11.0 Å². The van der Waals surface area contributed by atoms with Crippen molar-refractivity contribution in [2.75, 3.05) is 13.1 Å². The number of nitriles is 1. The molecule has 98 valence electrons. The van der Waals surface area contributed by atoms with Gasteiger partial charge in [-0.15, -0.1) is 0 Å². The Morgan fingerprint density at radius 2 is 2.06 bits per heavy atom. The van der Waals surface area contributed by atoms with Gasteiger partial charge in [-0.2, -0.15) is 5.26 Å². The smallest absolute Gasteiger partial charge is 0.225 e. The summed E-state index contributed by atoms with van der Waals surface area (Å²) in [5.41, 5.74) is 5.68. The second-order valence-electron chi connectivity index (χ2n) is 4.64. The van der Waals surface area contributed by atoms with Gasteiger partial charge in [0.15, 0.2) is 0 Å². The fourth-order valence-electron chi connectivity index (χ4n) is 1.79. The summed E-state index contributed by atoms with van der Waals surface area (Å²) in [4.78, 5) is 13.8. The summed E-state index contributed by atoms with van der Waals surface area (Å²) in [6.07, 6.45) is 3.23. The summed E-state index contributed by atoms with van der Waals surface area (Å²) in [6.45, 7) is 7.11. The molecule has 0 heterocycles. The molecule has 0 aliphatic rings. The van der Waals surface area contributed by atoms with E-state index in [9.17, 15) is 4.79 Å². The lowest BCUT2D eigenvalue weighted by molar-refractivity contribution is -0.135. The summed E-state index contributed by atoms with van der Waals surface area (Å²) in [5.74, 6) is 0.194. The van der Waals surface area contributed by atoms with Crippen LogP contribution >= 0.6 is 0 Å². The summed E-state index contributed by atoms with van der Waals surface area (Å²) in [7, 11) is 0. The van der Waals surface area contributed by atoms with Gasteiger partial charge in [0, 0.05) is 25.0 Å². The van der Waals surface area contributed by atoms with Gasteiger partial charge in [0.2, 0.25) is 5.91 Å². The van der Waals surface area contributed by atoms with E-state index in [1.165, 1.54) is 0 Å². The van der Waals surface area contributed by atoms with Crippen molar-refractivity contribution in [3.8, 4) is 6.07 Å². The van der Waals surface area contributed by atoms with Crippen molar-refractivity contribution in [1.82, 2.24) is 4.90 Å². The molecule has 0 saturated carbocycles. The Hall–Kier alpha value is -1.08. The van der Waals surface area contributed by atoms with E-state index in [0.29, 0.717) is 19.5 Å². The Morgan fingerprint density at radius 1 is 1.41 bits per heavy atom. The van der Waals surface area contributed by atoms with Crippen molar-refractivity contribution in [2.45, 2.75) is 52.5 Å². The second kappa shape index (κ2) is 9.00. The highest BCUT2D eigenvalue weighted by atomic mass is 16.2. The Bertz CT molecular complexity index is 258. The molecule has 2 atom stereocenters. The van der Waals surface area contributed by atoms with Gasteiger partial charge in [0.05, 0.1) is 12.5 Å². The lowest BCUT2D eigenvalue weighted by atomic mass is 10.0. The molecule has 0 spiro atoms. The van der Waals surface area contributed by atoms with E-state index < -0.39 is 0 Å². The van der Waals surface area contributed by atoms with Crippen molar-refractivity contribution >= 4 is 5.91 Å². The molecule has 0 aliphatic heterocycles. The molecule has 2 unspecified atom stereocenters. The molecule has 0 bridgehead atoms. The number of rotatable bonds is 8. The third kappa shape index (κ3) is 6.96. The van der Waals surface area contributed by atoms with Gasteiger partial charge in [0.25, 0.3) is 0 Å². The predicted octanol–water partition coefficient (Wildman–Crippen LogP) is 1.90. The summed E-state index contributed by atoms with van der Waals surface area (Å²) >= 11 is 0. The van der Waals surface area contributed by atoms with Crippen LogP contribution in [0.4, 0.5) is 0 Å². The maximum absolute atomic E-state index is 12.0. The van der Waals surface area contributed by atoms with E-state index in [2.05, 4.69) is 6.07 Å². The minimum atomic E-state index is 0.0346. The third-order valence-electron chi connectivity index (χ3n) is 2.91. The highest BCUT2D eigenvalue weighted by molar-refractivity contribution is 5.78. The van der Waals surface area contributed by atoms with Crippen LogP contribution in [0.1, 0.15) is 46.5 Å². The van der Waals surface area contributed by atoms with E-state index in [1.54, 1.807) is 4.90 Å². The molecule has 0 radical (unpaired) electrons. The molecule has 1 amide bonds. The number of nitrogens with zero attached hydrogens (tertiary/aromatic N) is 2. The lowest BCUT2D eigenvalue weighted by Gasteiger charge is -2.23. The van der Waals surface area contributed by atoms with Gasteiger partial charge in [-0.25, -0.2) is 0 Å². The Balaban J connectivity index is 4.03. The Kier molecular flexibility index (Phi) is 8.43. The minimum absolute atomic E-state index is 0.0346. The van der Waals surface area contributed by atoms with Crippen LogP contribution in [0, 0.1) is 17.2 Å². The largest absolute Gasteiger partial charge is 0.342 e. The van der Waals surface area contributed by atoms with Crippen LogP contribution < -0.4 is 5.73 Å². The zero-order valence-corrected chi connectivity index (χ0v) is 11.3. The fourth-order valence-corrected chi connectivity index (χ4v) is 1.79. The summed E-state index contributed by atoms with van der Waals surface area (Å²) in [6, 6.07) is 2.28. The molecule has 2 N–H and O–H groups in total. The van der Waals surface area contributed by atoms with Crippen molar-refractivity contribution in [3.05, 3.63) is 0 Å². The summed E-state index contributed by atoms with van der Waals surface area (Å²) < 4.78 is 0. The number of amides is 1. The molecule has 0 fully saturated rings. The first-order chi connectivity index (χ1) is 8.02. The molecule has 0 rings (SSSR count). The molecule has 0 saturated heterocycles. The van der Waals surface area contributed by atoms with E-state index in [0.717, 1.165) is 19.3 Å². The van der Waals surface area contributed by atoms with E-state index >= 15 is 0 Å². The summed E-state index contributed by atoms with van der Waals surface area (Å²) in [5, 5.41) is 8.53. The topological polar surface area (TPSA) is 70.1 Å². The van der Waals surface area contributed by atoms with Crippen molar-refractivity contribution < 1.29 is 4.79 Å². The van der Waals surface area contributed by atoms with Crippen LogP contribution in [-0.2, 0) is 4.79 Å². The van der Waals surface area contributed by atoms with Crippen LogP contribution in [0.3, 0.4) is 0 Å². The standard InChI is InChI=1S/C13H25N3O/c1-4-16(10-6-9-14)13(17)11(2)7-5-8-12(3)15/h11-12H,4-8,10,15H2,1-3H3. The Labute approximate surface area is 105 Å². The Morgan fingerprint density at radius 3 is 2.53 bits per heavy atom. The van der Waals surface area contributed by atoms with Gasteiger partial charge in [0.1, 0.15) is 0 Å². The third-order valence-corrected chi connectivity index (χ3v) is 2.91. The van der Waals surface area contributed by atoms with E-state index in [1.807, 2.05) is 20.8 Å². The van der Waals surface area contributed by atoms with Crippen molar-refractivity contribution in [2.24, 2.45) is 11.7 Å². The molecular weight excluding hydrogens is 214 g/mol. The molecule has 4 nitrogen and oxygen atoms in total. The molecular formula is C13H25N3O. The molecule has 0 aromatic rings. The van der Waals surface area contributed by atoms with Gasteiger partial charge >= 0.3 is 0 Å². The number of hydrogen-bond acceptors (Lipinski definition) is 3. The first-order valence-electron chi connectivity index (χ1n) is 6.44. The average molecular weight is 239 g/mol. The van der Waals surface area contributed by atoms with Crippen LogP contribution in [-0.4, -0.2) is 29.9 Å². The first-order valence-corrected chi connectivity index (χ1v) is 6.44. The normalized spacial score (nSPS) is 13.8. The van der Waals surface area contributed by atoms with Crippen molar-refractivity contribution in [1.29, 1.82) is 5.26 Å². The molecule has 4 heteroatoms. The number of nitrogens with two attached hydrogens (primary N) is 1. The zero-order valence-electron chi connectivity index (χ0n) is 11.3. The fraction of sp³-hybridized carbons (Fsp3) is 0.846. The van der Waals surface area contributed by atoms with Crippen LogP contribution in [0.2, 0.25) is 0 Å². The zero-order chi connectivity index (χ0) is 13.3. The number of carbonyl (C=O) groups is 1. The predicted molar refractivity (Wildman–Crippen MR) is 69.1 cm³/mol. The van der Waals surface area contributed by atoms with Gasteiger partial charge in [-0.1, -0.05) is 13.3 Å². The quantitative estimate of drug-likeness (QED) is 0.703.